The number of rotatable bonds is 5. The summed E-state index contributed by atoms with van der Waals surface area (Å²) in [6, 6.07) is 3.43. The van der Waals surface area contributed by atoms with Crippen LogP contribution in [0.15, 0.2) is 22.7 Å². The van der Waals surface area contributed by atoms with E-state index in [4.69, 9.17) is 4.52 Å². The standard InChI is InChI=1S/C13H15F2N3O/c1-3-6-16-8(2)13-17-12(18-19-13)9-4-5-10(14)11(15)7-9/h4-5,7-8,16H,3,6H2,1-2H3. The van der Waals surface area contributed by atoms with E-state index >= 15 is 0 Å². The van der Waals surface area contributed by atoms with Gasteiger partial charge in [0.2, 0.25) is 11.7 Å². The zero-order valence-electron chi connectivity index (χ0n) is 10.8. The van der Waals surface area contributed by atoms with Crippen LogP contribution >= 0.6 is 0 Å². The van der Waals surface area contributed by atoms with Crippen molar-refractivity contribution in [3.05, 3.63) is 35.7 Å². The van der Waals surface area contributed by atoms with Crippen LogP contribution in [0.5, 0.6) is 0 Å². The Hall–Kier alpha value is -1.82. The average molecular weight is 267 g/mol. The second kappa shape index (κ2) is 5.88. The molecule has 2 aromatic rings. The lowest BCUT2D eigenvalue weighted by atomic mass is 10.2. The van der Waals surface area contributed by atoms with Gasteiger partial charge in [-0.05, 0) is 38.1 Å². The normalized spacial score (nSPS) is 12.6. The lowest BCUT2D eigenvalue weighted by Crippen LogP contribution is -2.19. The fourth-order valence-corrected chi connectivity index (χ4v) is 1.61. The molecule has 0 aliphatic carbocycles. The van der Waals surface area contributed by atoms with Gasteiger partial charge in [-0.25, -0.2) is 8.78 Å². The Bertz CT molecular complexity index is 557. The maximum absolute atomic E-state index is 13.1. The second-order valence-corrected chi connectivity index (χ2v) is 4.26. The largest absolute Gasteiger partial charge is 0.337 e. The van der Waals surface area contributed by atoms with E-state index in [1.54, 1.807) is 0 Å². The molecule has 1 atom stereocenters. The monoisotopic (exact) mass is 267 g/mol. The highest BCUT2D eigenvalue weighted by molar-refractivity contribution is 5.54. The average Bonchev–Trinajstić information content (AvgIpc) is 2.89. The molecule has 1 heterocycles. The van der Waals surface area contributed by atoms with Gasteiger partial charge in [0.15, 0.2) is 11.6 Å². The van der Waals surface area contributed by atoms with E-state index in [1.807, 2.05) is 6.92 Å². The van der Waals surface area contributed by atoms with Crippen LogP contribution in [0.4, 0.5) is 8.78 Å². The summed E-state index contributed by atoms with van der Waals surface area (Å²) in [5, 5.41) is 6.97. The van der Waals surface area contributed by atoms with Crippen LogP contribution < -0.4 is 5.32 Å². The highest BCUT2D eigenvalue weighted by Gasteiger charge is 2.15. The first-order valence-corrected chi connectivity index (χ1v) is 6.14. The van der Waals surface area contributed by atoms with Crippen LogP contribution in [-0.4, -0.2) is 16.7 Å². The number of nitrogens with one attached hydrogen (secondary N) is 1. The van der Waals surface area contributed by atoms with Gasteiger partial charge >= 0.3 is 0 Å². The van der Waals surface area contributed by atoms with Gasteiger partial charge in [-0.3, -0.25) is 0 Å². The molecule has 0 aliphatic rings. The van der Waals surface area contributed by atoms with Crippen LogP contribution in [0.3, 0.4) is 0 Å². The smallest absolute Gasteiger partial charge is 0.243 e. The molecule has 0 saturated carbocycles. The maximum atomic E-state index is 13.1. The summed E-state index contributed by atoms with van der Waals surface area (Å²) in [4.78, 5) is 4.17. The molecule has 0 radical (unpaired) electrons. The molecule has 19 heavy (non-hydrogen) atoms. The molecule has 0 fully saturated rings. The van der Waals surface area contributed by atoms with Gasteiger partial charge in [-0.2, -0.15) is 4.98 Å². The van der Waals surface area contributed by atoms with Crippen molar-refractivity contribution in [2.24, 2.45) is 0 Å². The minimum absolute atomic E-state index is 0.0773. The number of hydrogen-bond acceptors (Lipinski definition) is 4. The fraction of sp³-hybridized carbons (Fsp3) is 0.385. The van der Waals surface area contributed by atoms with Crippen molar-refractivity contribution in [3.63, 3.8) is 0 Å². The molecule has 0 spiro atoms. The molecule has 102 valence electrons. The zero-order valence-corrected chi connectivity index (χ0v) is 10.8. The predicted molar refractivity (Wildman–Crippen MR) is 66.4 cm³/mol. The topological polar surface area (TPSA) is 51.0 Å². The van der Waals surface area contributed by atoms with Gasteiger partial charge in [0.1, 0.15) is 0 Å². The lowest BCUT2D eigenvalue weighted by molar-refractivity contribution is 0.340. The third-order valence-electron chi connectivity index (χ3n) is 2.69. The number of aromatic nitrogens is 2. The molecule has 0 bridgehead atoms. The summed E-state index contributed by atoms with van der Waals surface area (Å²) in [6.07, 6.45) is 0.995. The highest BCUT2D eigenvalue weighted by Crippen LogP contribution is 2.20. The third-order valence-corrected chi connectivity index (χ3v) is 2.69. The summed E-state index contributed by atoms with van der Waals surface area (Å²) in [5.41, 5.74) is 0.386. The number of halogens is 2. The molecule has 1 aromatic carbocycles. The Kier molecular flexibility index (Phi) is 4.21. The third kappa shape index (κ3) is 3.14. The summed E-state index contributed by atoms with van der Waals surface area (Å²) in [7, 11) is 0. The molecule has 1 aromatic heterocycles. The lowest BCUT2D eigenvalue weighted by Gasteiger charge is -2.06. The van der Waals surface area contributed by atoms with Crippen molar-refractivity contribution >= 4 is 0 Å². The molecule has 0 aliphatic heterocycles. The Morgan fingerprint density at radius 1 is 1.32 bits per heavy atom. The van der Waals surface area contributed by atoms with Crippen molar-refractivity contribution in [1.29, 1.82) is 0 Å². The summed E-state index contributed by atoms with van der Waals surface area (Å²) in [5.74, 6) is -1.15. The van der Waals surface area contributed by atoms with Crippen LogP contribution in [0.1, 0.15) is 32.2 Å². The molecule has 0 amide bonds. The maximum Gasteiger partial charge on any atom is 0.243 e. The van der Waals surface area contributed by atoms with Gasteiger partial charge in [0.25, 0.3) is 0 Å². The molecule has 4 nitrogen and oxygen atoms in total. The van der Waals surface area contributed by atoms with Crippen LogP contribution in [-0.2, 0) is 0 Å². The molecule has 1 unspecified atom stereocenters. The van der Waals surface area contributed by atoms with E-state index in [0.717, 1.165) is 25.1 Å². The van der Waals surface area contributed by atoms with Crippen LogP contribution in [0, 0.1) is 11.6 Å². The minimum Gasteiger partial charge on any atom is -0.337 e. The van der Waals surface area contributed by atoms with Crippen molar-refractivity contribution in [1.82, 2.24) is 15.5 Å². The van der Waals surface area contributed by atoms with Crippen molar-refractivity contribution in [3.8, 4) is 11.4 Å². The first-order chi connectivity index (χ1) is 9.11. The highest BCUT2D eigenvalue weighted by atomic mass is 19.2. The van der Waals surface area contributed by atoms with Gasteiger partial charge in [0, 0.05) is 5.56 Å². The molecule has 6 heteroatoms. The Morgan fingerprint density at radius 2 is 2.11 bits per heavy atom. The SMILES string of the molecule is CCCNC(C)c1nc(-c2ccc(F)c(F)c2)no1. The Balaban J connectivity index is 2.18. The van der Waals surface area contributed by atoms with Crippen molar-refractivity contribution in [2.75, 3.05) is 6.54 Å². The van der Waals surface area contributed by atoms with E-state index in [1.165, 1.54) is 6.07 Å². The van der Waals surface area contributed by atoms with Gasteiger partial charge < -0.3 is 9.84 Å². The molecule has 2 rings (SSSR count). The summed E-state index contributed by atoms with van der Waals surface area (Å²) < 4.78 is 31.1. The Morgan fingerprint density at radius 3 is 2.79 bits per heavy atom. The van der Waals surface area contributed by atoms with E-state index in [9.17, 15) is 8.78 Å². The van der Waals surface area contributed by atoms with Crippen molar-refractivity contribution in [2.45, 2.75) is 26.3 Å². The van der Waals surface area contributed by atoms with Gasteiger partial charge in [0.05, 0.1) is 6.04 Å². The molecular weight excluding hydrogens is 252 g/mol. The molecule has 0 saturated heterocycles. The molecule has 1 N–H and O–H groups in total. The zero-order chi connectivity index (χ0) is 13.8. The van der Waals surface area contributed by atoms with E-state index in [2.05, 4.69) is 22.4 Å². The second-order valence-electron chi connectivity index (χ2n) is 4.26. The Labute approximate surface area is 109 Å². The van der Waals surface area contributed by atoms with E-state index < -0.39 is 11.6 Å². The van der Waals surface area contributed by atoms with Crippen molar-refractivity contribution < 1.29 is 13.3 Å². The van der Waals surface area contributed by atoms with Gasteiger partial charge in [-0.1, -0.05) is 12.1 Å². The summed E-state index contributed by atoms with van der Waals surface area (Å²) in [6.45, 7) is 4.79. The summed E-state index contributed by atoms with van der Waals surface area (Å²) >= 11 is 0. The van der Waals surface area contributed by atoms with E-state index in [-0.39, 0.29) is 11.9 Å². The first kappa shape index (κ1) is 13.6. The quantitative estimate of drug-likeness (QED) is 0.904. The van der Waals surface area contributed by atoms with Crippen LogP contribution in [0.2, 0.25) is 0 Å². The van der Waals surface area contributed by atoms with Crippen LogP contribution in [0.25, 0.3) is 11.4 Å². The first-order valence-electron chi connectivity index (χ1n) is 6.14. The molecular formula is C13H15F2N3O. The number of benzene rings is 1. The number of nitrogens with zero attached hydrogens (tertiary/aromatic N) is 2. The number of hydrogen-bond donors (Lipinski definition) is 1. The van der Waals surface area contributed by atoms with E-state index in [0.29, 0.717) is 11.5 Å². The minimum atomic E-state index is -0.930. The van der Waals surface area contributed by atoms with Gasteiger partial charge in [-0.15, -0.1) is 0 Å². The fourth-order valence-electron chi connectivity index (χ4n) is 1.61. The predicted octanol–water partition coefficient (Wildman–Crippen LogP) is 3.08.